The fraction of sp³-hybridized carbons (Fsp3) is 0.179. The molecule has 37 heavy (non-hydrogen) atoms. The number of aromatic amines is 1. The molecule has 0 radical (unpaired) electrons. The minimum Gasteiger partial charge on any atom is -0.360 e. The first-order valence-corrected chi connectivity index (χ1v) is 12.1. The Balaban J connectivity index is 1.23. The number of carbonyl (C=O) groups is 1. The summed E-state index contributed by atoms with van der Waals surface area (Å²) in [5.41, 5.74) is 4.87. The lowest BCUT2D eigenvalue weighted by molar-refractivity contribution is 0.0954. The number of rotatable bonds is 9. The SMILES string of the molecule is CCCN(c1nccc(-c2ccc(C(=O)NCCc3ccc4[nH]cc(C#N)c4c3)cc2)n1)n1ccnc1. The summed E-state index contributed by atoms with van der Waals surface area (Å²) in [6.45, 7) is 3.34. The lowest BCUT2D eigenvalue weighted by Crippen LogP contribution is -2.30. The van der Waals surface area contributed by atoms with Crippen LogP contribution in [0, 0.1) is 11.3 Å². The number of nitrogens with zero attached hydrogens (tertiary/aromatic N) is 6. The molecule has 3 heterocycles. The fourth-order valence-corrected chi connectivity index (χ4v) is 4.19. The molecule has 2 aromatic carbocycles. The zero-order valence-corrected chi connectivity index (χ0v) is 20.4. The number of nitriles is 1. The molecule has 0 bridgehead atoms. The normalized spacial score (nSPS) is 10.8. The van der Waals surface area contributed by atoms with Gasteiger partial charge in [-0.1, -0.05) is 25.1 Å². The van der Waals surface area contributed by atoms with E-state index >= 15 is 0 Å². The second kappa shape index (κ2) is 10.7. The monoisotopic (exact) mass is 490 g/mol. The average molecular weight is 491 g/mol. The summed E-state index contributed by atoms with van der Waals surface area (Å²) in [5.74, 6) is 0.448. The lowest BCUT2D eigenvalue weighted by atomic mass is 10.1. The molecule has 3 aromatic heterocycles. The van der Waals surface area contributed by atoms with Crippen molar-refractivity contribution in [3.63, 3.8) is 0 Å². The molecule has 1 amide bonds. The molecule has 9 heteroatoms. The number of aromatic nitrogens is 5. The molecule has 0 aliphatic heterocycles. The highest BCUT2D eigenvalue weighted by molar-refractivity contribution is 5.94. The van der Waals surface area contributed by atoms with Gasteiger partial charge in [0.05, 0.1) is 11.3 Å². The van der Waals surface area contributed by atoms with Crippen LogP contribution < -0.4 is 10.3 Å². The Labute approximate surface area is 214 Å². The van der Waals surface area contributed by atoms with Gasteiger partial charge in [-0.05, 0) is 48.7 Å². The average Bonchev–Trinajstić information content (AvgIpc) is 3.62. The van der Waals surface area contributed by atoms with Crippen molar-refractivity contribution < 1.29 is 4.79 Å². The number of hydrogen-bond donors (Lipinski definition) is 2. The van der Waals surface area contributed by atoms with Crippen molar-refractivity contribution >= 4 is 22.8 Å². The van der Waals surface area contributed by atoms with Crippen molar-refractivity contribution in [1.82, 2.24) is 29.9 Å². The summed E-state index contributed by atoms with van der Waals surface area (Å²) in [7, 11) is 0. The van der Waals surface area contributed by atoms with E-state index in [0.717, 1.165) is 40.7 Å². The number of nitrogens with one attached hydrogen (secondary N) is 2. The third-order valence-corrected chi connectivity index (χ3v) is 6.09. The van der Waals surface area contributed by atoms with Crippen molar-refractivity contribution in [1.29, 1.82) is 5.26 Å². The second-order valence-corrected chi connectivity index (χ2v) is 8.59. The topological polar surface area (TPSA) is 116 Å². The van der Waals surface area contributed by atoms with E-state index in [0.29, 0.717) is 30.0 Å². The Morgan fingerprint density at radius 2 is 2.03 bits per heavy atom. The summed E-state index contributed by atoms with van der Waals surface area (Å²) in [5, 5.41) is 15.1. The molecule has 0 spiro atoms. The standard InChI is InChI=1S/C28H26N8O/c1-2-14-36(35-15-13-30-19-35)28-32-12-10-25(34-28)21-4-6-22(7-5-21)27(37)31-11-9-20-3-8-26-24(16-20)23(17-29)18-33-26/h3-8,10,12-13,15-16,18-19,33H,2,9,11,14H2,1H3,(H,31,37). The molecular weight excluding hydrogens is 464 g/mol. The number of fused-ring (bicyclic) bond motifs is 1. The minimum absolute atomic E-state index is 0.135. The van der Waals surface area contributed by atoms with E-state index in [1.54, 1.807) is 37.1 Å². The largest absolute Gasteiger partial charge is 0.360 e. The van der Waals surface area contributed by atoms with Gasteiger partial charge in [0, 0.05) is 59.9 Å². The smallest absolute Gasteiger partial charge is 0.251 e. The maximum absolute atomic E-state index is 12.7. The molecule has 5 aromatic rings. The molecule has 2 N–H and O–H groups in total. The van der Waals surface area contributed by atoms with Crippen LogP contribution in [-0.4, -0.2) is 43.6 Å². The molecule has 0 aliphatic carbocycles. The van der Waals surface area contributed by atoms with Gasteiger partial charge >= 0.3 is 0 Å². The van der Waals surface area contributed by atoms with Crippen molar-refractivity contribution in [2.75, 3.05) is 18.1 Å². The van der Waals surface area contributed by atoms with Crippen LogP contribution in [0.4, 0.5) is 5.95 Å². The molecule has 184 valence electrons. The Morgan fingerprint density at radius 1 is 1.16 bits per heavy atom. The van der Waals surface area contributed by atoms with E-state index in [-0.39, 0.29) is 5.91 Å². The number of amides is 1. The highest BCUT2D eigenvalue weighted by Crippen LogP contribution is 2.21. The number of carbonyl (C=O) groups excluding carboxylic acids is 1. The fourth-order valence-electron chi connectivity index (χ4n) is 4.19. The molecule has 0 aliphatic rings. The summed E-state index contributed by atoms with van der Waals surface area (Å²) in [6.07, 6.45) is 10.4. The third-order valence-electron chi connectivity index (χ3n) is 6.09. The van der Waals surface area contributed by atoms with Crippen molar-refractivity contribution in [2.24, 2.45) is 0 Å². The molecular formula is C28H26N8O. The highest BCUT2D eigenvalue weighted by atomic mass is 16.1. The summed E-state index contributed by atoms with van der Waals surface area (Å²) >= 11 is 0. The maximum Gasteiger partial charge on any atom is 0.251 e. The minimum atomic E-state index is -0.135. The first kappa shape index (κ1) is 23.8. The van der Waals surface area contributed by atoms with E-state index in [9.17, 15) is 10.1 Å². The van der Waals surface area contributed by atoms with Gasteiger partial charge in [-0.15, -0.1) is 0 Å². The Hall–Kier alpha value is -4.97. The van der Waals surface area contributed by atoms with Crippen LogP contribution >= 0.6 is 0 Å². The van der Waals surface area contributed by atoms with Gasteiger partial charge in [-0.2, -0.15) is 5.26 Å². The van der Waals surface area contributed by atoms with Gasteiger partial charge < -0.3 is 10.3 Å². The lowest BCUT2D eigenvalue weighted by Gasteiger charge is -2.22. The van der Waals surface area contributed by atoms with Gasteiger partial charge in [0.2, 0.25) is 5.95 Å². The summed E-state index contributed by atoms with van der Waals surface area (Å²) < 4.78 is 1.87. The zero-order chi connectivity index (χ0) is 25.6. The van der Waals surface area contributed by atoms with E-state index in [2.05, 4.69) is 33.3 Å². The van der Waals surface area contributed by atoms with Crippen LogP contribution in [-0.2, 0) is 6.42 Å². The van der Waals surface area contributed by atoms with Crippen molar-refractivity contribution in [2.45, 2.75) is 19.8 Å². The number of imidazole rings is 1. The van der Waals surface area contributed by atoms with Crippen LogP contribution in [0.3, 0.4) is 0 Å². The molecule has 0 unspecified atom stereocenters. The highest BCUT2D eigenvalue weighted by Gasteiger charge is 2.13. The van der Waals surface area contributed by atoms with Crippen LogP contribution in [0.15, 0.2) is 79.6 Å². The molecule has 9 nitrogen and oxygen atoms in total. The predicted octanol–water partition coefficient (Wildman–Crippen LogP) is 4.35. The zero-order valence-electron chi connectivity index (χ0n) is 20.4. The van der Waals surface area contributed by atoms with Crippen LogP contribution in [0.5, 0.6) is 0 Å². The summed E-state index contributed by atoms with van der Waals surface area (Å²) in [4.78, 5) is 29.1. The van der Waals surface area contributed by atoms with Crippen LogP contribution in [0.25, 0.3) is 22.2 Å². The van der Waals surface area contributed by atoms with E-state index in [1.807, 2.05) is 52.3 Å². The van der Waals surface area contributed by atoms with Gasteiger partial charge in [-0.3, -0.25) is 4.79 Å². The van der Waals surface area contributed by atoms with Crippen LogP contribution in [0.2, 0.25) is 0 Å². The quantitative estimate of drug-likeness (QED) is 0.317. The molecule has 0 fully saturated rings. The molecule has 0 saturated heterocycles. The molecule has 0 atom stereocenters. The molecule has 5 rings (SSSR count). The van der Waals surface area contributed by atoms with Gasteiger partial charge in [0.25, 0.3) is 5.91 Å². The number of H-pyrrole nitrogens is 1. The van der Waals surface area contributed by atoms with E-state index < -0.39 is 0 Å². The van der Waals surface area contributed by atoms with Gasteiger partial charge in [0.1, 0.15) is 12.4 Å². The Morgan fingerprint density at radius 3 is 2.78 bits per heavy atom. The van der Waals surface area contributed by atoms with Crippen molar-refractivity contribution in [3.8, 4) is 17.3 Å². The van der Waals surface area contributed by atoms with Crippen LogP contribution in [0.1, 0.15) is 34.8 Å². The summed E-state index contributed by atoms with van der Waals surface area (Å²) in [6, 6.07) is 17.4. The first-order valence-electron chi connectivity index (χ1n) is 12.1. The number of hydrogen-bond acceptors (Lipinski definition) is 6. The Kier molecular flexibility index (Phi) is 6.90. The maximum atomic E-state index is 12.7. The third kappa shape index (κ3) is 5.18. The number of anilines is 1. The van der Waals surface area contributed by atoms with E-state index in [4.69, 9.17) is 4.98 Å². The van der Waals surface area contributed by atoms with Gasteiger partial charge in [-0.25, -0.2) is 24.6 Å². The number of benzene rings is 2. The van der Waals surface area contributed by atoms with Crippen molar-refractivity contribution in [3.05, 3.63) is 96.3 Å². The first-order chi connectivity index (χ1) is 18.2. The van der Waals surface area contributed by atoms with Gasteiger partial charge in [0.15, 0.2) is 0 Å². The van der Waals surface area contributed by atoms with E-state index in [1.165, 1.54) is 0 Å². The predicted molar refractivity (Wildman–Crippen MR) is 142 cm³/mol. The second-order valence-electron chi connectivity index (χ2n) is 8.59. The molecule has 0 saturated carbocycles. The Bertz CT molecular complexity index is 1550.